The van der Waals surface area contributed by atoms with Crippen LogP contribution in [0.5, 0.6) is 0 Å². The van der Waals surface area contributed by atoms with Gasteiger partial charge in [0.25, 0.3) is 0 Å². The summed E-state index contributed by atoms with van der Waals surface area (Å²) in [5, 5.41) is 27.8. The Hall–Kier alpha value is -3.26. The normalized spacial score (nSPS) is 17.9. The van der Waals surface area contributed by atoms with Crippen molar-refractivity contribution >= 4 is 35.5 Å². The first-order chi connectivity index (χ1) is 15.9. The maximum Gasteiger partial charge on any atom is 0.322 e. The van der Waals surface area contributed by atoms with Gasteiger partial charge in [-0.05, 0) is 25.7 Å². The van der Waals surface area contributed by atoms with Gasteiger partial charge in [-0.25, -0.2) is 0 Å². The largest absolute Gasteiger partial charge is 0.480 e. The molecule has 0 spiro atoms. The molecule has 1 aliphatic rings. The van der Waals surface area contributed by atoms with E-state index < -0.39 is 72.8 Å². The first kappa shape index (κ1) is 28.8. The van der Waals surface area contributed by atoms with Gasteiger partial charge in [0.05, 0.1) is 19.2 Å². The Kier molecular flexibility index (Phi) is 11.4. The van der Waals surface area contributed by atoms with Crippen LogP contribution in [0.2, 0.25) is 0 Å². The van der Waals surface area contributed by atoms with E-state index in [0.29, 0.717) is 12.8 Å². The number of carbonyl (C=O) groups is 6. The van der Waals surface area contributed by atoms with Crippen LogP contribution in [0.25, 0.3) is 0 Å². The Morgan fingerprint density at radius 1 is 0.971 bits per heavy atom. The Balaban J connectivity index is 2.83. The molecule has 0 aromatic rings. The van der Waals surface area contributed by atoms with Crippen LogP contribution in [0.3, 0.4) is 0 Å². The lowest BCUT2D eigenvalue weighted by atomic mass is 10.0. The van der Waals surface area contributed by atoms with E-state index in [1.165, 1.54) is 11.8 Å². The Labute approximate surface area is 197 Å². The number of nitrogens with zero attached hydrogens (tertiary/aromatic N) is 1. The number of hydrogen-bond donors (Lipinski definition) is 7. The lowest BCUT2D eigenvalue weighted by Crippen LogP contribution is -2.59. The summed E-state index contributed by atoms with van der Waals surface area (Å²) in [5.41, 5.74) is 5.32. The molecule has 1 heterocycles. The van der Waals surface area contributed by atoms with E-state index in [4.69, 9.17) is 10.8 Å². The third-order valence-corrected chi connectivity index (χ3v) is 5.20. The number of nitrogens with two attached hydrogens (primary N) is 1. The highest BCUT2D eigenvalue weighted by molar-refractivity contribution is 5.95. The standard InChI is InChI=1S/C20H34N6O8/c1-10(2)16(24-13(28)7-21)20(34)26-6-4-5-12(26)18(32)25-17(11(3)27)19(33)23-8-14(29)22-9-15(30)31/h10-12,16-17,27H,4-9,21H2,1-3H3,(H,22,29)(H,23,33)(H,24,28)(H,25,32)(H,30,31)/t11-,12+,16+,17+/m1/s1. The average molecular weight is 487 g/mol. The highest BCUT2D eigenvalue weighted by Gasteiger charge is 2.40. The van der Waals surface area contributed by atoms with Gasteiger partial charge in [0, 0.05) is 6.54 Å². The molecule has 5 amide bonds. The number of hydrogen-bond acceptors (Lipinski definition) is 8. The predicted molar refractivity (Wildman–Crippen MR) is 118 cm³/mol. The number of aliphatic hydroxyl groups is 1. The second-order valence-corrected chi connectivity index (χ2v) is 8.30. The zero-order valence-corrected chi connectivity index (χ0v) is 19.5. The fraction of sp³-hybridized carbons (Fsp3) is 0.700. The molecule has 14 nitrogen and oxygen atoms in total. The summed E-state index contributed by atoms with van der Waals surface area (Å²) >= 11 is 0. The molecule has 4 atom stereocenters. The monoisotopic (exact) mass is 486 g/mol. The van der Waals surface area contributed by atoms with E-state index in [1.54, 1.807) is 13.8 Å². The highest BCUT2D eigenvalue weighted by atomic mass is 16.4. The van der Waals surface area contributed by atoms with Crippen molar-refractivity contribution in [2.45, 2.75) is 57.8 Å². The van der Waals surface area contributed by atoms with E-state index in [0.717, 1.165) is 0 Å². The summed E-state index contributed by atoms with van der Waals surface area (Å²) in [6.07, 6.45) is -0.489. The first-order valence-corrected chi connectivity index (χ1v) is 10.9. The molecule has 0 saturated carbocycles. The number of carbonyl (C=O) groups excluding carboxylic acids is 5. The van der Waals surface area contributed by atoms with Gasteiger partial charge < -0.3 is 42.1 Å². The van der Waals surface area contributed by atoms with Crippen molar-refractivity contribution in [3.8, 4) is 0 Å². The molecule has 0 aromatic heterocycles. The summed E-state index contributed by atoms with van der Waals surface area (Å²) in [4.78, 5) is 73.5. The zero-order chi connectivity index (χ0) is 26.0. The van der Waals surface area contributed by atoms with Gasteiger partial charge in [0.1, 0.15) is 24.7 Å². The van der Waals surface area contributed by atoms with Gasteiger partial charge in [-0.1, -0.05) is 13.8 Å². The fourth-order valence-corrected chi connectivity index (χ4v) is 3.40. The van der Waals surface area contributed by atoms with Gasteiger partial charge in [0.15, 0.2) is 0 Å². The van der Waals surface area contributed by atoms with Gasteiger partial charge >= 0.3 is 5.97 Å². The third-order valence-electron chi connectivity index (χ3n) is 5.20. The Bertz CT molecular complexity index is 787. The third kappa shape index (κ3) is 8.59. The summed E-state index contributed by atoms with van der Waals surface area (Å²) < 4.78 is 0. The van der Waals surface area contributed by atoms with Gasteiger partial charge in [-0.2, -0.15) is 0 Å². The Morgan fingerprint density at radius 2 is 1.62 bits per heavy atom. The molecule has 192 valence electrons. The molecule has 34 heavy (non-hydrogen) atoms. The van der Waals surface area contributed by atoms with Gasteiger partial charge in [-0.3, -0.25) is 28.8 Å². The Morgan fingerprint density at radius 3 is 2.15 bits per heavy atom. The number of nitrogens with one attached hydrogen (secondary N) is 4. The second-order valence-electron chi connectivity index (χ2n) is 8.30. The lowest BCUT2D eigenvalue weighted by Gasteiger charge is -2.31. The van der Waals surface area contributed by atoms with E-state index in [9.17, 15) is 33.9 Å². The summed E-state index contributed by atoms with van der Waals surface area (Å²) in [6, 6.07) is -3.23. The number of carboxylic acid groups (broad SMARTS) is 1. The minimum absolute atomic E-state index is 0.268. The molecule has 1 fully saturated rings. The van der Waals surface area contributed by atoms with Crippen molar-refractivity contribution in [3.05, 3.63) is 0 Å². The molecule has 0 aromatic carbocycles. The van der Waals surface area contributed by atoms with Crippen molar-refractivity contribution < 1.29 is 39.0 Å². The van der Waals surface area contributed by atoms with E-state index in [2.05, 4.69) is 21.3 Å². The minimum Gasteiger partial charge on any atom is -0.480 e. The number of carboxylic acids is 1. The fourth-order valence-electron chi connectivity index (χ4n) is 3.40. The first-order valence-electron chi connectivity index (χ1n) is 10.9. The van der Waals surface area contributed by atoms with Crippen molar-refractivity contribution in [1.82, 2.24) is 26.2 Å². The second kappa shape index (κ2) is 13.4. The van der Waals surface area contributed by atoms with Crippen molar-refractivity contribution in [2.24, 2.45) is 11.7 Å². The van der Waals surface area contributed by atoms with Crippen molar-refractivity contribution in [2.75, 3.05) is 26.2 Å². The smallest absolute Gasteiger partial charge is 0.322 e. The van der Waals surface area contributed by atoms with Gasteiger partial charge in [-0.15, -0.1) is 0 Å². The molecule has 1 aliphatic heterocycles. The van der Waals surface area contributed by atoms with Gasteiger partial charge in [0.2, 0.25) is 29.5 Å². The molecular formula is C20H34N6O8. The topological polar surface area (TPSA) is 220 Å². The number of likely N-dealkylation sites (tertiary alicyclic amines) is 1. The minimum atomic E-state index is -1.42. The van der Waals surface area contributed by atoms with Crippen molar-refractivity contribution in [3.63, 3.8) is 0 Å². The van der Waals surface area contributed by atoms with Crippen molar-refractivity contribution in [1.29, 1.82) is 0 Å². The van der Waals surface area contributed by atoms with E-state index in [-0.39, 0.29) is 19.0 Å². The number of rotatable bonds is 12. The molecule has 0 bridgehead atoms. The molecule has 0 unspecified atom stereocenters. The van der Waals surface area contributed by atoms with Crippen LogP contribution in [-0.4, -0.2) is 101 Å². The number of amides is 5. The lowest BCUT2D eigenvalue weighted by molar-refractivity contribution is -0.143. The maximum absolute atomic E-state index is 13.1. The average Bonchev–Trinajstić information content (AvgIpc) is 3.26. The molecule has 1 rings (SSSR count). The molecular weight excluding hydrogens is 452 g/mol. The molecule has 1 saturated heterocycles. The van der Waals surface area contributed by atoms with Crippen LogP contribution in [0.4, 0.5) is 0 Å². The summed E-state index contributed by atoms with van der Waals surface area (Å²) in [6.45, 7) is 3.55. The SMILES string of the molecule is CC(C)[C@H](NC(=O)CN)C(=O)N1CCC[C@H]1C(=O)N[C@H](C(=O)NCC(=O)NCC(=O)O)[C@@H](C)O. The van der Waals surface area contributed by atoms with E-state index in [1.807, 2.05) is 0 Å². The quantitative estimate of drug-likeness (QED) is 0.144. The molecule has 0 aliphatic carbocycles. The van der Waals surface area contributed by atoms with Crippen LogP contribution >= 0.6 is 0 Å². The molecule has 14 heteroatoms. The molecule has 0 radical (unpaired) electrons. The maximum atomic E-state index is 13.1. The van der Waals surface area contributed by atoms with Crippen LogP contribution in [0.15, 0.2) is 0 Å². The van der Waals surface area contributed by atoms with Crippen LogP contribution in [0, 0.1) is 5.92 Å². The predicted octanol–water partition coefficient (Wildman–Crippen LogP) is -3.74. The van der Waals surface area contributed by atoms with E-state index >= 15 is 0 Å². The number of aliphatic hydroxyl groups excluding tert-OH is 1. The highest BCUT2D eigenvalue weighted by Crippen LogP contribution is 2.20. The van der Waals surface area contributed by atoms with Crippen LogP contribution < -0.4 is 27.0 Å². The zero-order valence-electron chi connectivity index (χ0n) is 19.5. The summed E-state index contributed by atoms with van der Waals surface area (Å²) in [5.74, 6) is -4.79. The molecule has 8 N–H and O–H groups in total. The number of aliphatic carboxylic acids is 1. The van der Waals surface area contributed by atoms with Crippen LogP contribution in [-0.2, 0) is 28.8 Å². The summed E-state index contributed by atoms with van der Waals surface area (Å²) in [7, 11) is 0. The van der Waals surface area contributed by atoms with Crippen LogP contribution in [0.1, 0.15) is 33.6 Å².